The summed E-state index contributed by atoms with van der Waals surface area (Å²) in [6, 6.07) is 16.9. The number of ether oxygens (including phenoxy) is 2. The van der Waals surface area contributed by atoms with Crippen molar-refractivity contribution in [2.75, 3.05) is 7.11 Å². The van der Waals surface area contributed by atoms with Crippen LogP contribution in [0.2, 0.25) is 0 Å². The Labute approximate surface area is 163 Å². The number of hydrogen-bond acceptors (Lipinski definition) is 4. The molecule has 0 saturated heterocycles. The third kappa shape index (κ3) is 5.81. The second-order valence-corrected chi connectivity index (χ2v) is 6.19. The molecule has 1 aromatic heterocycles. The average Bonchev–Trinajstić information content (AvgIpc) is 2.74. The van der Waals surface area contributed by atoms with Gasteiger partial charge in [-0.2, -0.15) is 0 Å². The molecule has 0 spiro atoms. The molecule has 0 aliphatic heterocycles. The fourth-order valence-electron chi connectivity index (χ4n) is 2.54. The van der Waals surface area contributed by atoms with Crippen LogP contribution in [0.1, 0.15) is 17.5 Å². The Morgan fingerprint density at radius 3 is 2.29 bits per heavy atom. The zero-order chi connectivity index (χ0) is 19.8. The highest BCUT2D eigenvalue weighted by Crippen LogP contribution is 2.19. The standard InChI is InChI=1S/C22H21FN2O3/c1-27-19-8-2-16(3-9-19)4-12-21(26)24-14-17-5-13-22(25-15-17)28-20-10-6-18(23)7-11-20/h2-3,5-11,13,15H,4,12,14H2,1H3,(H,24,26). The maximum Gasteiger partial charge on any atom is 0.220 e. The van der Waals surface area contributed by atoms with E-state index < -0.39 is 0 Å². The summed E-state index contributed by atoms with van der Waals surface area (Å²) in [6.45, 7) is 0.394. The van der Waals surface area contributed by atoms with E-state index in [2.05, 4.69) is 10.3 Å². The summed E-state index contributed by atoms with van der Waals surface area (Å²) in [6.07, 6.45) is 2.71. The van der Waals surface area contributed by atoms with Crippen molar-refractivity contribution in [3.05, 3.63) is 83.8 Å². The van der Waals surface area contributed by atoms with Crippen molar-refractivity contribution < 1.29 is 18.7 Å². The molecule has 1 N–H and O–H groups in total. The number of hydrogen-bond donors (Lipinski definition) is 1. The summed E-state index contributed by atoms with van der Waals surface area (Å²) < 4.78 is 23.6. The van der Waals surface area contributed by atoms with E-state index in [-0.39, 0.29) is 11.7 Å². The lowest BCUT2D eigenvalue weighted by atomic mass is 10.1. The van der Waals surface area contributed by atoms with Crippen molar-refractivity contribution in [1.29, 1.82) is 0 Å². The summed E-state index contributed by atoms with van der Waals surface area (Å²) in [4.78, 5) is 16.2. The quantitative estimate of drug-likeness (QED) is 0.634. The maximum absolute atomic E-state index is 12.9. The van der Waals surface area contributed by atoms with Crippen LogP contribution in [0.4, 0.5) is 4.39 Å². The van der Waals surface area contributed by atoms with Gasteiger partial charge in [-0.1, -0.05) is 18.2 Å². The zero-order valence-electron chi connectivity index (χ0n) is 15.5. The molecule has 5 nitrogen and oxygen atoms in total. The van der Waals surface area contributed by atoms with Gasteiger partial charge in [0.2, 0.25) is 11.8 Å². The molecule has 0 radical (unpaired) electrons. The first-order chi connectivity index (χ1) is 13.6. The van der Waals surface area contributed by atoms with Crippen molar-refractivity contribution in [3.63, 3.8) is 0 Å². The van der Waals surface area contributed by atoms with Crippen LogP contribution in [-0.4, -0.2) is 18.0 Å². The van der Waals surface area contributed by atoms with Gasteiger partial charge in [-0.25, -0.2) is 9.37 Å². The van der Waals surface area contributed by atoms with Crippen molar-refractivity contribution in [1.82, 2.24) is 10.3 Å². The molecule has 2 aromatic carbocycles. The number of aryl methyl sites for hydroxylation is 1. The van der Waals surface area contributed by atoms with Gasteiger partial charge >= 0.3 is 0 Å². The third-order valence-corrected chi connectivity index (χ3v) is 4.12. The molecule has 0 unspecified atom stereocenters. The van der Waals surface area contributed by atoms with Gasteiger partial charge in [0.05, 0.1) is 7.11 Å². The van der Waals surface area contributed by atoms with E-state index in [1.807, 2.05) is 30.3 Å². The largest absolute Gasteiger partial charge is 0.497 e. The van der Waals surface area contributed by atoms with Gasteiger partial charge in [0.15, 0.2) is 0 Å². The van der Waals surface area contributed by atoms with Gasteiger partial charge in [-0.05, 0) is 53.9 Å². The van der Waals surface area contributed by atoms with Crippen LogP contribution in [0.25, 0.3) is 0 Å². The topological polar surface area (TPSA) is 60.5 Å². The van der Waals surface area contributed by atoms with E-state index in [0.29, 0.717) is 31.0 Å². The summed E-state index contributed by atoms with van der Waals surface area (Å²) in [5.74, 6) is 1.36. The Hall–Kier alpha value is -3.41. The lowest BCUT2D eigenvalue weighted by Gasteiger charge is -2.08. The number of amides is 1. The van der Waals surface area contributed by atoms with Crippen LogP contribution in [0.5, 0.6) is 17.4 Å². The van der Waals surface area contributed by atoms with E-state index in [4.69, 9.17) is 9.47 Å². The molecule has 0 saturated carbocycles. The Morgan fingerprint density at radius 1 is 0.964 bits per heavy atom. The number of nitrogens with one attached hydrogen (secondary N) is 1. The highest BCUT2D eigenvalue weighted by Gasteiger charge is 2.04. The van der Waals surface area contributed by atoms with Gasteiger partial charge in [0, 0.05) is 25.2 Å². The first-order valence-corrected chi connectivity index (χ1v) is 8.90. The Morgan fingerprint density at radius 2 is 1.64 bits per heavy atom. The van der Waals surface area contributed by atoms with Crippen LogP contribution in [-0.2, 0) is 17.8 Å². The molecule has 28 heavy (non-hydrogen) atoms. The smallest absolute Gasteiger partial charge is 0.220 e. The third-order valence-electron chi connectivity index (χ3n) is 4.12. The molecule has 0 fully saturated rings. The monoisotopic (exact) mass is 380 g/mol. The van der Waals surface area contributed by atoms with E-state index >= 15 is 0 Å². The fraction of sp³-hybridized carbons (Fsp3) is 0.182. The normalized spacial score (nSPS) is 10.4. The predicted molar refractivity (Wildman–Crippen MR) is 104 cm³/mol. The fourth-order valence-corrected chi connectivity index (χ4v) is 2.54. The van der Waals surface area contributed by atoms with Gasteiger partial charge in [0.25, 0.3) is 0 Å². The predicted octanol–water partition coefficient (Wildman–Crippen LogP) is 4.27. The van der Waals surface area contributed by atoms with Crippen LogP contribution >= 0.6 is 0 Å². The average molecular weight is 380 g/mol. The summed E-state index contributed by atoms with van der Waals surface area (Å²) in [5, 5.41) is 2.88. The van der Waals surface area contributed by atoms with Gasteiger partial charge < -0.3 is 14.8 Å². The molecule has 0 bridgehead atoms. The van der Waals surface area contributed by atoms with Crippen LogP contribution in [0.15, 0.2) is 66.9 Å². The summed E-state index contributed by atoms with van der Waals surface area (Å²) in [5.41, 5.74) is 1.95. The molecule has 1 heterocycles. The number of carbonyl (C=O) groups is 1. The van der Waals surface area contributed by atoms with Gasteiger partial charge in [0.1, 0.15) is 17.3 Å². The molecular formula is C22H21FN2O3. The minimum Gasteiger partial charge on any atom is -0.497 e. The minimum absolute atomic E-state index is 0.0255. The van der Waals surface area contributed by atoms with Crippen LogP contribution in [0.3, 0.4) is 0 Å². The SMILES string of the molecule is COc1ccc(CCC(=O)NCc2ccc(Oc3ccc(F)cc3)nc2)cc1. The van der Waals surface area contributed by atoms with Crippen molar-refractivity contribution in [2.24, 2.45) is 0 Å². The Kier molecular flexibility index (Phi) is 6.57. The van der Waals surface area contributed by atoms with E-state index in [1.165, 1.54) is 24.3 Å². The zero-order valence-corrected chi connectivity index (χ0v) is 15.5. The number of pyridine rings is 1. The van der Waals surface area contributed by atoms with E-state index in [0.717, 1.165) is 16.9 Å². The summed E-state index contributed by atoms with van der Waals surface area (Å²) >= 11 is 0. The van der Waals surface area contributed by atoms with Crippen molar-refractivity contribution in [3.8, 4) is 17.4 Å². The van der Waals surface area contributed by atoms with Crippen LogP contribution < -0.4 is 14.8 Å². The number of carbonyl (C=O) groups excluding carboxylic acids is 1. The Bertz CT molecular complexity index is 895. The van der Waals surface area contributed by atoms with E-state index in [9.17, 15) is 9.18 Å². The minimum atomic E-state index is -0.321. The molecular weight excluding hydrogens is 359 g/mol. The first-order valence-electron chi connectivity index (χ1n) is 8.90. The molecule has 0 aliphatic rings. The maximum atomic E-state index is 12.9. The number of nitrogens with zero attached hydrogens (tertiary/aromatic N) is 1. The van der Waals surface area contributed by atoms with Crippen molar-refractivity contribution in [2.45, 2.75) is 19.4 Å². The van der Waals surface area contributed by atoms with Gasteiger partial charge in [-0.3, -0.25) is 4.79 Å². The molecule has 0 atom stereocenters. The number of halogens is 1. The summed E-state index contributed by atoms with van der Waals surface area (Å²) in [7, 11) is 1.62. The number of benzene rings is 2. The molecule has 0 aliphatic carbocycles. The molecule has 1 amide bonds. The molecule has 3 rings (SSSR count). The highest BCUT2D eigenvalue weighted by molar-refractivity contribution is 5.76. The second kappa shape index (κ2) is 9.50. The van der Waals surface area contributed by atoms with Gasteiger partial charge in [-0.15, -0.1) is 0 Å². The Balaban J connectivity index is 1.43. The molecule has 6 heteroatoms. The number of methoxy groups -OCH3 is 1. The lowest BCUT2D eigenvalue weighted by molar-refractivity contribution is -0.121. The molecule has 144 valence electrons. The first kappa shape index (κ1) is 19.4. The van der Waals surface area contributed by atoms with Crippen LogP contribution in [0, 0.1) is 5.82 Å². The highest BCUT2D eigenvalue weighted by atomic mass is 19.1. The van der Waals surface area contributed by atoms with Crippen molar-refractivity contribution >= 4 is 5.91 Å². The lowest BCUT2D eigenvalue weighted by Crippen LogP contribution is -2.23. The second-order valence-electron chi connectivity index (χ2n) is 6.19. The van der Waals surface area contributed by atoms with E-state index in [1.54, 1.807) is 19.4 Å². The number of aromatic nitrogens is 1. The molecule has 3 aromatic rings. The number of rotatable bonds is 8.